The van der Waals surface area contributed by atoms with Crippen molar-refractivity contribution >= 4 is 27.0 Å². The molecule has 0 amide bonds. The maximum absolute atomic E-state index is 5.84. The predicted octanol–water partition coefficient (Wildman–Crippen LogP) is 4.70. The van der Waals surface area contributed by atoms with Crippen LogP contribution >= 0.6 is 15.9 Å². The lowest BCUT2D eigenvalue weighted by Gasteiger charge is -2.08. The molecule has 118 valence electrons. The maximum Gasteiger partial charge on any atom is 0.234 e. The van der Waals surface area contributed by atoms with Crippen molar-refractivity contribution in [1.82, 2.24) is 20.2 Å². The van der Waals surface area contributed by atoms with Crippen LogP contribution in [0.3, 0.4) is 0 Å². The van der Waals surface area contributed by atoms with E-state index in [0.717, 1.165) is 11.5 Å². The van der Waals surface area contributed by atoms with Gasteiger partial charge in [-0.15, -0.1) is 0 Å². The summed E-state index contributed by atoms with van der Waals surface area (Å²) in [6.07, 6.45) is 1.41. The molecule has 4 rings (SSSR count). The summed E-state index contributed by atoms with van der Waals surface area (Å²) in [4.78, 5) is 8.25. The number of hydrogen-bond acceptors (Lipinski definition) is 5. The Morgan fingerprint density at radius 2 is 1.46 bits per heavy atom. The Hall–Kier alpha value is -2.93. The molecule has 0 saturated carbocycles. The molecule has 0 radical (unpaired) electrons. The van der Waals surface area contributed by atoms with E-state index in [4.69, 9.17) is 9.47 Å². The van der Waals surface area contributed by atoms with E-state index in [2.05, 4.69) is 36.1 Å². The minimum Gasteiger partial charge on any atom is -0.457 e. The number of benzene rings is 2. The van der Waals surface area contributed by atoms with Gasteiger partial charge in [-0.05, 0) is 52.3 Å². The number of rotatable bonds is 4. The minimum atomic E-state index is 0.428. The monoisotopic (exact) mass is 382 g/mol. The second kappa shape index (κ2) is 6.29. The Morgan fingerprint density at radius 3 is 2.21 bits per heavy atom. The molecule has 1 N–H and O–H groups in total. The van der Waals surface area contributed by atoms with Crippen LogP contribution in [0.4, 0.5) is 0 Å². The number of nitrogens with one attached hydrogen (secondary N) is 1. The van der Waals surface area contributed by atoms with Gasteiger partial charge in [0.15, 0.2) is 5.65 Å². The normalized spacial score (nSPS) is 10.7. The zero-order valence-electron chi connectivity index (χ0n) is 12.3. The summed E-state index contributed by atoms with van der Waals surface area (Å²) in [5, 5.41) is 7.56. The predicted molar refractivity (Wildman–Crippen MR) is 92.4 cm³/mol. The van der Waals surface area contributed by atoms with Gasteiger partial charge in [-0.1, -0.05) is 18.2 Å². The van der Waals surface area contributed by atoms with Crippen molar-refractivity contribution in [2.24, 2.45) is 0 Å². The summed E-state index contributed by atoms with van der Waals surface area (Å²) in [5.74, 6) is 2.58. The highest BCUT2D eigenvalue weighted by Gasteiger charge is 2.12. The molecular formula is C17H11BrN4O2. The molecule has 2 aromatic heterocycles. The lowest BCUT2D eigenvalue weighted by Crippen LogP contribution is -1.91. The number of H-pyrrole nitrogens is 1. The number of fused-ring (bicyclic) bond motifs is 1. The summed E-state index contributed by atoms with van der Waals surface area (Å²) in [6, 6.07) is 16.9. The van der Waals surface area contributed by atoms with Gasteiger partial charge >= 0.3 is 0 Å². The van der Waals surface area contributed by atoms with E-state index in [1.54, 1.807) is 0 Å². The molecule has 0 bridgehead atoms. The average Bonchev–Trinajstić information content (AvgIpc) is 3.00. The van der Waals surface area contributed by atoms with E-state index in [1.165, 1.54) is 6.33 Å². The van der Waals surface area contributed by atoms with Gasteiger partial charge < -0.3 is 9.47 Å². The molecule has 0 fully saturated rings. The Kier molecular flexibility index (Phi) is 3.84. The topological polar surface area (TPSA) is 72.9 Å². The molecule has 24 heavy (non-hydrogen) atoms. The number of aromatic nitrogens is 4. The Balaban J connectivity index is 1.56. The number of hydrogen-bond donors (Lipinski definition) is 1. The summed E-state index contributed by atoms with van der Waals surface area (Å²) in [6.45, 7) is 0. The molecule has 7 heteroatoms. The molecule has 0 aliphatic carbocycles. The third-order valence-electron chi connectivity index (χ3n) is 3.29. The molecular weight excluding hydrogens is 372 g/mol. The van der Waals surface area contributed by atoms with Crippen LogP contribution in [-0.4, -0.2) is 20.2 Å². The Morgan fingerprint density at radius 1 is 0.792 bits per heavy atom. The van der Waals surface area contributed by atoms with Gasteiger partial charge in [0.2, 0.25) is 5.88 Å². The summed E-state index contributed by atoms with van der Waals surface area (Å²) >= 11 is 3.38. The molecule has 0 unspecified atom stereocenters. The number of halogens is 1. The Bertz CT molecular complexity index is 971. The van der Waals surface area contributed by atoms with Gasteiger partial charge in [0.25, 0.3) is 0 Å². The van der Waals surface area contributed by atoms with Crippen LogP contribution < -0.4 is 9.47 Å². The first kappa shape index (κ1) is 14.6. The summed E-state index contributed by atoms with van der Waals surface area (Å²) in [7, 11) is 0. The van der Waals surface area contributed by atoms with Gasteiger partial charge in [-0.2, -0.15) is 5.10 Å². The molecule has 0 saturated heterocycles. The number of para-hydroxylation sites is 1. The number of aromatic amines is 1. The van der Waals surface area contributed by atoms with Crippen LogP contribution in [0.2, 0.25) is 0 Å². The number of nitrogens with zero attached hydrogens (tertiary/aromatic N) is 3. The van der Waals surface area contributed by atoms with Crippen LogP contribution in [0.5, 0.6) is 23.1 Å². The Labute approximate surface area is 145 Å². The van der Waals surface area contributed by atoms with E-state index in [0.29, 0.717) is 27.3 Å². The molecule has 2 aromatic carbocycles. The first-order chi connectivity index (χ1) is 11.8. The first-order valence-electron chi connectivity index (χ1n) is 7.15. The van der Waals surface area contributed by atoms with E-state index >= 15 is 0 Å². The van der Waals surface area contributed by atoms with Crippen molar-refractivity contribution in [2.75, 3.05) is 0 Å². The fraction of sp³-hybridized carbons (Fsp3) is 0. The zero-order chi connectivity index (χ0) is 16.4. The van der Waals surface area contributed by atoms with E-state index in [-0.39, 0.29) is 0 Å². The molecule has 0 aliphatic heterocycles. The molecule has 0 spiro atoms. The van der Waals surface area contributed by atoms with Crippen molar-refractivity contribution in [2.45, 2.75) is 0 Å². The van der Waals surface area contributed by atoms with Gasteiger partial charge in [0, 0.05) is 0 Å². The second-order valence-electron chi connectivity index (χ2n) is 4.90. The van der Waals surface area contributed by atoms with Crippen LogP contribution in [0.1, 0.15) is 0 Å². The fourth-order valence-electron chi connectivity index (χ4n) is 2.18. The van der Waals surface area contributed by atoms with Crippen LogP contribution in [0.15, 0.2) is 65.5 Å². The molecule has 0 aliphatic rings. The highest BCUT2D eigenvalue weighted by molar-refractivity contribution is 9.10. The van der Waals surface area contributed by atoms with Gasteiger partial charge in [-0.3, -0.25) is 5.10 Å². The van der Waals surface area contributed by atoms with Gasteiger partial charge in [-0.25, -0.2) is 9.97 Å². The van der Waals surface area contributed by atoms with E-state index in [1.807, 2.05) is 54.6 Å². The van der Waals surface area contributed by atoms with Crippen LogP contribution in [0, 0.1) is 0 Å². The summed E-state index contributed by atoms with van der Waals surface area (Å²) in [5.41, 5.74) is 0.538. The zero-order valence-corrected chi connectivity index (χ0v) is 13.9. The number of ether oxygens (including phenoxy) is 2. The highest BCUT2D eigenvalue weighted by atomic mass is 79.9. The summed E-state index contributed by atoms with van der Waals surface area (Å²) < 4.78 is 12.3. The van der Waals surface area contributed by atoms with Crippen LogP contribution in [0.25, 0.3) is 11.0 Å². The quantitative estimate of drug-likeness (QED) is 0.553. The van der Waals surface area contributed by atoms with Crippen molar-refractivity contribution < 1.29 is 9.47 Å². The highest BCUT2D eigenvalue weighted by Crippen LogP contribution is 2.31. The molecule has 6 nitrogen and oxygen atoms in total. The first-order valence-corrected chi connectivity index (χ1v) is 7.94. The fourth-order valence-corrected chi connectivity index (χ4v) is 2.62. The van der Waals surface area contributed by atoms with Crippen molar-refractivity contribution in [3.63, 3.8) is 0 Å². The minimum absolute atomic E-state index is 0.428. The molecule has 0 atom stereocenters. The largest absolute Gasteiger partial charge is 0.457 e. The lowest BCUT2D eigenvalue weighted by atomic mass is 10.3. The van der Waals surface area contributed by atoms with E-state index in [9.17, 15) is 0 Å². The third kappa shape index (κ3) is 2.93. The van der Waals surface area contributed by atoms with Gasteiger partial charge in [0.1, 0.15) is 33.6 Å². The van der Waals surface area contributed by atoms with Gasteiger partial charge in [0.05, 0.1) is 0 Å². The van der Waals surface area contributed by atoms with Crippen LogP contribution in [-0.2, 0) is 0 Å². The SMILES string of the molecule is Brc1[nH]nc2ncnc(Oc3ccc(Oc4ccccc4)cc3)c12. The van der Waals surface area contributed by atoms with Crippen molar-refractivity contribution in [3.8, 4) is 23.1 Å². The molecule has 4 aromatic rings. The van der Waals surface area contributed by atoms with Crippen molar-refractivity contribution in [1.29, 1.82) is 0 Å². The van der Waals surface area contributed by atoms with E-state index < -0.39 is 0 Å². The smallest absolute Gasteiger partial charge is 0.234 e. The standard InChI is InChI=1S/C17H11BrN4O2/c18-15-14-16(22-21-15)19-10-20-17(14)24-13-8-6-12(7-9-13)23-11-4-2-1-3-5-11/h1-10H,(H,19,20,21,22). The second-order valence-corrected chi connectivity index (χ2v) is 5.70. The maximum atomic E-state index is 5.84. The third-order valence-corrected chi connectivity index (χ3v) is 3.86. The molecule has 2 heterocycles. The average molecular weight is 383 g/mol. The van der Waals surface area contributed by atoms with Crippen molar-refractivity contribution in [3.05, 3.63) is 65.5 Å². The lowest BCUT2D eigenvalue weighted by molar-refractivity contribution is 0.460.